The van der Waals surface area contributed by atoms with E-state index in [-0.39, 0.29) is 4.90 Å². The lowest BCUT2D eigenvalue weighted by molar-refractivity contribution is 0.187. The van der Waals surface area contributed by atoms with Crippen LogP contribution in [0.25, 0.3) is 0 Å². The molecule has 1 amide bonds. The van der Waals surface area contributed by atoms with Gasteiger partial charge >= 0.3 is 6.09 Å². The quantitative estimate of drug-likeness (QED) is 0.845. The molecule has 0 fully saturated rings. The molecule has 2 aromatic rings. The summed E-state index contributed by atoms with van der Waals surface area (Å²) in [4.78, 5) is 11.2. The van der Waals surface area contributed by atoms with Crippen LogP contribution in [0.5, 0.6) is 0 Å². The Hall–Kier alpha value is -2.06. The van der Waals surface area contributed by atoms with Crippen molar-refractivity contribution in [2.24, 2.45) is 0 Å². The van der Waals surface area contributed by atoms with E-state index in [1.54, 1.807) is 24.3 Å². The maximum atomic E-state index is 12.2. The van der Waals surface area contributed by atoms with Crippen LogP contribution in [0.1, 0.15) is 0 Å². The lowest BCUT2D eigenvalue weighted by Crippen LogP contribution is -2.14. The van der Waals surface area contributed by atoms with E-state index in [0.29, 0.717) is 11.4 Å². The predicted molar refractivity (Wildman–Crippen MR) is 87.4 cm³/mol. The van der Waals surface area contributed by atoms with Crippen LogP contribution in [-0.4, -0.2) is 21.6 Å². The Kier molecular flexibility index (Phi) is 5.04. The summed E-state index contributed by atoms with van der Waals surface area (Å²) in [5.74, 6) is 0. The molecule has 0 heterocycles. The van der Waals surface area contributed by atoms with Gasteiger partial charge in [-0.2, -0.15) is 0 Å². The number of ether oxygens (including phenoxy) is 1. The molecule has 0 unspecified atom stereocenters. The van der Waals surface area contributed by atoms with Gasteiger partial charge in [-0.3, -0.25) is 10.0 Å². The van der Waals surface area contributed by atoms with Crippen molar-refractivity contribution in [3.05, 3.63) is 53.0 Å². The summed E-state index contributed by atoms with van der Waals surface area (Å²) in [6, 6.07) is 12.5. The van der Waals surface area contributed by atoms with E-state index in [0.717, 1.165) is 4.47 Å². The molecule has 0 bridgehead atoms. The van der Waals surface area contributed by atoms with Crippen LogP contribution < -0.4 is 10.0 Å². The van der Waals surface area contributed by atoms with E-state index in [1.165, 1.54) is 31.4 Å². The summed E-state index contributed by atoms with van der Waals surface area (Å²) in [6.45, 7) is 0. The molecule has 0 aliphatic carbocycles. The van der Waals surface area contributed by atoms with Gasteiger partial charge in [-0.15, -0.1) is 0 Å². The molecule has 0 aliphatic heterocycles. The van der Waals surface area contributed by atoms with Gasteiger partial charge in [-0.1, -0.05) is 15.9 Å². The Morgan fingerprint density at radius 2 is 1.55 bits per heavy atom. The first-order valence-corrected chi connectivity index (χ1v) is 8.42. The normalized spacial score (nSPS) is 10.8. The van der Waals surface area contributed by atoms with Crippen molar-refractivity contribution in [1.29, 1.82) is 0 Å². The Labute approximate surface area is 136 Å². The van der Waals surface area contributed by atoms with Gasteiger partial charge in [0.1, 0.15) is 0 Å². The molecule has 0 aliphatic rings. The molecule has 0 saturated heterocycles. The largest absolute Gasteiger partial charge is 0.453 e. The third-order valence-electron chi connectivity index (χ3n) is 2.69. The first-order chi connectivity index (χ1) is 10.4. The number of amides is 1. The first kappa shape index (κ1) is 16.3. The van der Waals surface area contributed by atoms with E-state index >= 15 is 0 Å². The molecule has 0 atom stereocenters. The maximum absolute atomic E-state index is 12.2. The number of hydrogen-bond acceptors (Lipinski definition) is 4. The van der Waals surface area contributed by atoms with Gasteiger partial charge in [0.25, 0.3) is 10.0 Å². The Morgan fingerprint density at radius 1 is 1.00 bits per heavy atom. The summed E-state index contributed by atoms with van der Waals surface area (Å²) < 4.78 is 32.3. The SMILES string of the molecule is COC(=O)Nc1ccc(S(=O)(=O)Nc2ccc(Br)cc2)cc1. The Morgan fingerprint density at radius 3 is 2.09 bits per heavy atom. The van der Waals surface area contributed by atoms with Crippen molar-refractivity contribution in [1.82, 2.24) is 0 Å². The van der Waals surface area contributed by atoms with Crippen LogP contribution in [-0.2, 0) is 14.8 Å². The molecule has 2 rings (SSSR count). The standard InChI is InChI=1S/C14H13BrN2O4S/c1-21-14(18)16-11-6-8-13(9-7-11)22(19,20)17-12-4-2-10(15)3-5-12/h2-9,17H,1H3,(H,16,18). The molecule has 22 heavy (non-hydrogen) atoms. The van der Waals surface area contributed by atoms with Crippen LogP contribution in [0.3, 0.4) is 0 Å². The molecular weight excluding hydrogens is 372 g/mol. The maximum Gasteiger partial charge on any atom is 0.411 e. The van der Waals surface area contributed by atoms with Gasteiger partial charge in [0, 0.05) is 15.8 Å². The van der Waals surface area contributed by atoms with Crippen molar-refractivity contribution < 1.29 is 17.9 Å². The zero-order chi connectivity index (χ0) is 16.2. The molecule has 2 N–H and O–H groups in total. The minimum atomic E-state index is -3.69. The minimum absolute atomic E-state index is 0.0887. The Bertz CT molecular complexity index is 758. The first-order valence-electron chi connectivity index (χ1n) is 6.14. The molecule has 0 spiro atoms. The Balaban J connectivity index is 2.15. The third-order valence-corrected chi connectivity index (χ3v) is 4.62. The fourth-order valence-corrected chi connectivity index (χ4v) is 2.94. The molecule has 6 nitrogen and oxygen atoms in total. The fraction of sp³-hybridized carbons (Fsp3) is 0.0714. The van der Waals surface area contributed by atoms with Crippen LogP contribution in [0.15, 0.2) is 57.9 Å². The van der Waals surface area contributed by atoms with Crippen LogP contribution >= 0.6 is 15.9 Å². The van der Waals surface area contributed by atoms with Gasteiger partial charge < -0.3 is 4.74 Å². The number of hydrogen-bond donors (Lipinski definition) is 2. The van der Waals surface area contributed by atoms with E-state index in [4.69, 9.17) is 0 Å². The number of carbonyl (C=O) groups is 1. The number of carbonyl (C=O) groups excluding carboxylic acids is 1. The third kappa shape index (κ3) is 4.22. The van der Waals surface area contributed by atoms with Crippen molar-refractivity contribution in [2.45, 2.75) is 4.90 Å². The highest BCUT2D eigenvalue weighted by Gasteiger charge is 2.14. The van der Waals surface area contributed by atoms with Gasteiger partial charge in [-0.25, -0.2) is 13.2 Å². The van der Waals surface area contributed by atoms with Crippen molar-refractivity contribution >= 4 is 43.4 Å². The summed E-state index contributed by atoms with van der Waals surface area (Å²) >= 11 is 3.28. The van der Waals surface area contributed by atoms with Gasteiger partial charge in [-0.05, 0) is 48.5 Å². The smallest absolute Gasteiger partial charge is 0.411 e. The molecular formula is C14H13BrN2O4S. The van der Waals surface area contributed by atoms with Crippen LogP contribution in [0.2, 0.25) is 0 Å². The number of benzene rings is 2. The number of nitrogens with one attached hydrogen (secondary N) is 2. The minimum Gasteiger partial charge on any atom is -0.453 e. The summed E-state index contributed by atoms with van der Waals surface area (Å²) in [5.41, 5.74) is 0.898. The van der Waals surface area contributed by atoms with E-state index < -0.39 is 16.1 Å². The average Bonchev–Trinajstić information content (AvgIpc) is 2.50. The van der Waals surface area contributed by atoms with Gasteiger partial charge in [0.15, 0.2) is 0 Å². The lowest BCUT2D eigenvalue weighted by Gasteiger charge is -2.09. The monoisotopic (exact) mass is 384 g/mol. The highest BCUT2D eigenvalue weighted by atomic mass is 79.9. The van der Waals surface area contributed by atoms with Crippen molar-refractivity contribution in [3.8, 4) is 0 Å². The second-order valence-corrected chi connectivity index (χ2v) is 6.85. The summed E-state index contributed by atoms with van der Waals surface area (Å²) in [7, 11) is -2.44. The lowest BCUT2D eigenvalue weighted by atomic mass is 10.3. The fourth-order valence-electron chi connectivity index (χ4n) is 1.62. The van der Waals surface area contributed by atoms with E-state index in [2.05, 4.69) is 30.7 Å². The number of methoxy groups -OCH3 is 1. The van der Waals surface area contributed by atoms with Crippen molar-refractivity contribution in [2.75, 3.05) is 17.1 Å². The molecule has 0 aromatic heterocycles. The van der Waals surface area contributed by atoms with E-state index in [9.17, 15) is 13.2 Å². The second-order valence-electron chi connectivity index (χ2n) is 4.25. The molecule has 116 valence electrons. The summed E-state index contributed by atoms with van der Waals surface area (Å²) in [6.07, 6.45) is -0.622. The average molecular weight is 385 g/mol. The van der Waals surface area contributed by atoms with Gasteiger partial charge in [0.05, 0.1) is 12.0 Å². The van der Waals surface area contributed by atoms with Crippen LogP contribution in [0, 0.1) is 0 Å². The second kappa shape index (κ2) is 6.80. The molecule has 8 heteroatoms. The number of anilines is 2. The zero-order valence-corrected chi connectivity index (χ0v) is 13.9. The van der Waals surface area contributed by atoms with Crippen LogP contribution in [0.4, 0.5) is 16.2 Å². The molecule has 0 radical (unpaired) electrons. The van der Waals surface area contributed by atoms with Gasteiger partial charge in [0.2, 0.25) is 0 Å². The zero-order valence-electron chi connectivity index (χ0n) is 11.5. The summed E-state index contributed by atoms with van der Waals surface area (Å²) in [5, 5.41) is 2.44. The number of rotatable bonds is 4. The highest BCUT2D eigenvalue weighted by Crippen LogP contribution is 2.20. The van der Waals surface area contributed by atoms with Crippen molar-refractivity contribution in [3.63, 3.8) is 0 Å². The molecule has 0 saturated carbocycles. The number of halogens is 1. The predicted octanol–water partition coefficient (Wildman–Crippen LogP) is 3.43. The molecule has 2 aromatic carbocycles. The van der Waals surface area contributed by atoms with E-state index in [1.807, 2.05) is 0 Å². The highest BCUT2D eigenvalue weighted by molar-refractivity contribution is 9.10. The number of sulfonamides is 1. The topological polar surface area (TPSA) is 84.5 Å².